The summed E-state index contributed by atoms with van der Waals surface area (Å²) in [5.74, 6) is -1.14. The normalized spacial score (nSPS) is 16.0. The van der Waals surface area contributed by atoms with Crippen molar-refractivity contribution in [3.8, 4) is 0 Å². The predicted molar refractivity (Wildman–Crippen MR) is 117 cm³/mol. The Morgan fingerprint density at radius 3 is 2.45 bits per heavy atom. The number of hydrogen-bond donors (Lipinski definition) is 1. The van der Waals surface area contributed by atoms with Crippen LogP contribution in [0, 0.1) is 10.1 Å². The van der Waals surface area contributed by atoms with Crippen LogP contribution in [0.2, 0.25) is 0 Å². The Kier molecular flexibility index (Phi) is 7.96. The molecule has 1 N–H and O–H groups in total. The first-order chi connectivity index (χ1) is 15.9. The molecule has 1 fully saturated rings. The van der Waals surface area contributed by atoms with Gasteiger partial charge >= 0.3 is 12.1 Å². The lowest BCUT2D eigenvalue weighted by molar-refractivity contribution is -0.384. The van der Waals surface area contributed by atoms with E-state index in [1.54, 1.807) is 0 Å². The van der Waals surface area contributed by atoms with Crippen molar-refractivity contribution < 1.29 is 28.8 Å². The molecule has 0 unspecified atom stereocenters. The molecule has 10 nitrogen and oxygen atoms in total. The zero-order valence-corrected chi connectivity index (χ0v) is 18.1. The van der Waals surface area contributed by atoms with E-state index in [1.807, 2.05) is 30.3 Å². The van der Waals surface area contributed by atoms with Gasteiger partial charge in [-0.15, -0.1) is 0 Å². The monoisotopic (exact) mass is 455 g/mol. The summed E-state index contributed by atoms with van der Waals surface area (Å²) >= 11 is 0. The summed E-state index contributed by atoms with van der Waals surface area (Å²) < 4.78 is 10.2. The number of nitrogens with zero attached hydrogens (tertiary/aromatic N) is 2. The lowest BCUT2D eigenvalue weighted by Gasteiger charge is -2.25. The van der Waals surface area contributed by atoms with Crippen molar-refractivity contribution in [2.45, 2.75) is 38.0 Å². The van der Waals surface area contributed by atoms with Crippen molar-refractivity contribution in [3.05, 3.63) is 75.8 Å². The van der Waals surface area contributed by atoms with Crippen LogP contribution in [0.15, 0.2) is 54.6 Å². The largest absolute Gasteiger partial charge is 0.467 e. The number of nitrogens with one attached hydrogen (secondary N) is 1. The number of likely N-dealkylation sites (tertiary alicyclic amines) is 1. The minimum atomic E-state index is -1.01. The molecule has 10 heteroatoms. The van der Waals surface area contributed by atoms with Gasteiger partial charge in [0.2, 0.25) is 5.91 Å². The van der Waals surface area contributed by atoms with E-state index in [-0.39, 0.29) is 18.7 Å². The van der Waals surface area contributed by atoms with Gasteiger partial charge in [0, 0.05) is 25.1 Å². The third-order valence-electron chi connectivity index (χ3n) is 5.38. The van der Waals surface area contributed by atoms with Crippen molar-refractivity contribution >= 4 is 23.7 Å². The Morgan fingerprint density at radius 1 is 1.12 bits per heavy atom. The van der Waals surface area contributed by atoms with Crippen LogP contribution >= 0.6 is 0 Å². The van der Waals surface area contributed by atoms with E-state index in [1.165, 1.54) is 36.3 Å². The molecule has 1 saturated heterocycles. The molecule has 1 heterocycles. The van der Waals surface area contributed by atoms with Crippen molar-refractivity contribution in [3.63, 3.8) is 0 Å². The van der Waals surface area contributed by atoms with Gasteiger partial charge in [0.25, 0.3) is 5.69 Å². The highest BCUT2D eigenvalue weighted by Crippen LogP contribution is 2.20. The zero-order chi connectivity index (χ0) is 23.8. The zero-order valence-electron chi connectivity index (χ0n) is 18.1. The van der Waals surface area contributed by atoms with Gasteiger partial charge in [-0.05, 0) is 24.0 Å². The number of nitro groups is 1. The highest BCUT2D eigenvalue weighted by molar-refractivity contribution is 5.90. The standard InChI is InChI=1S/C23H25N3O7/c1-32-22(28)19(14-16-9-11-18(12-10-16)26(30)31)24-21(27)20-8-5-13-25(20)23(29)33-15-17-6-3-2-4-7-17/h2-4,6-7,9-12,19-20H,5,8,13-15H2,1H3,(H,24,27)/t19-,20-/m1/s1. The molecule has 2 aromatic rings. The lowest BCUT2D eigenvalue weighted by Crippen LogP contribution is -2.51. The lowest BCUT2D eigenvalue weighted by atomic mass is 10.0. The number of nitro benzene ring substituents is 1. The highest BCUT2D eigenvalue weighted by atomic mass is 16.6. The Balaban J connectivity index is 1.63. The molecule has 174 valence electrons. The molecular formula is C23H25N3O7. The van der Waals surface area contributed by atoms with Gasteiger partial charge in [-0.25, -0.2) is 9.59 Å². The number of benzene rings is 2. The minimum Gasteiger partial charge on any atom is -0.467 e. The number of amides is 2. The number of esters is 1. The molecule has 2 amide bonds. The quantitative estimate of drug-likeness (QED) is 0.368. The summed E-state index contributed by atoms with van der Waals surface area (Å²) in [6, 6.07) is 13.1. The Morgan fingerprint density at radius 2 is 1.82 bits per heavy atom. The third-order valence-corrected chi connectivity index (χ3v) is 5.38. The molecule has 0 spiro atoms. The minimum absolute atomic E-state index is 0.0759. The van der Waals surface area contributed by atoms with Crippen LogP contribution < -0.4 is 5.32 Å². The molecule has 0 bridgehead atoms. The first-order valence-corrected chi connectivity index (χ1v) is 10.5. The van der Waals surface area contributed by atoms with E-state index in [2.05, 4.69) is 5.32 Å². The van der Waals surface area contributed by atoms with Crippen LogP contribution in [0.4, 0.5) is 10.5 Å². The van der Waals surface area contributed by atoms with Crippen LogP contribution in [0.3, 0.4) is 0 Å². The van der Waals surface area contributed by atoms with Crippen LogP contribution in [-0.4, -0.2) is 53.5 Å². The van der Waals surface area contributed by atoms with Gasteiger partial charge in [-0.1, -0.05) is 42.5 Å². The molecule has 0 saturated carbocycles. The SMILES string of the molecule is COC(=O)[C@@H](Cc1ccc([N+](=O)[O-])cc1)NC(=O)[C@H]1CCCN1C(=O)OCc1ccccc1. The third kappa shape index (κ3) is 6.28. The fourth-order valence-corrected chi connectivity index (χ4v) is 3.65. The van der Waals surface area contributed by atoms with E-state index in [9.17, 15) is 24.5 Å². The van der Waals surface area contributed by atoms with Gasteiger partial charge in [0.1, 0.15) is 18.7 Å². The molecule has 2 aromatic carbocycles. The first kappa shape index (κ1) is 23.7. The highest BCUT2D eigenvalue weighted by Gasteiger charge is 2.37. The molecular weight excluding hydrogens is 430 g/mol. The average Bonchev–Trinajstić information content (AvgIpc) is 3.33. The molecule has 33 heavy (non-hydrogen) atoms. The second-order valence-corrected chi connectivity index (χ2v) is 7.60. The molecule has 0 aromatic heterocycles. The number of ether oxygens (including phenoxy) is 2. The molecule has 0 radical (unpaired) electrons. The number of hydrogen-bond acceptors (Lipinski definition) is 7. The average molecular weight is 455 g/mol. The van der Waals surface area contributed by atoms with Crippen LogP contribution in [0.5, 0.6) is 0 Å². The fraction of sp³-hybridized carbons (Fsp3) is 0.348. The number of non-ortho nitro benzene ring substituents is 1. The van der Waals surface area contributed by atoms with E-state index in [0.717, 1.165) is 5.56 Å². The van der Waals surface area contributed by atoms with Crippen LogP contribution in [0.1, 0.15) is 24.0 Å². The predicted octanol–water partition coefficient (Wildman–Crippen LogP) is 2.60. The number of carbonyl (C=O) groups excluding carboxylic acids is 3. The fourth-order valence-electron chi connectivity index (χ4n) is 3.65. The Labute approximate surface area is 190 Å². The number of methoxy groups -OCH3 is 1. The van der Waals surface area contributed by atoms with Crippen molar-refractivity contribution in [2.75, 3.05) is 13.7 Å². The van der Waals surface area contributed by atoms with Gasteiger partial charge in [-0.3, -0.25) is 19.8 Å². The van der Waals surface area contributed by atoms with E-state index >= 15 is 0 Å². The number of carbonyl (C=O) groups is 3. The van der Waals surface area contributed by atoms with Crippen molar-refractivity contribution in [2.24, 2.45) is 0 Å². The van der Waals surface area contributed by atoms with Crippen LogP contribution in [0.25, 0.3) is 0 Å². The van der Waals surface area contributed by atoms with Gasteiger partial charge in [0.15, 0.2) is 0 Å². The van der Waals surface area contributed by atoms with Gasteiger partial charge in [-0.2, -0.15) is 0 Å². The molecule has 2 atom stereocenters. The maximum atomic E-state index is 12.9. The summed E-state index contributed by atoms with van der Waals surface area (Å²) in [7, 11) is 1.21. The van der Waals surface area contributed by atoms with E-state index < -0.39 is 35.0 Å². The molecule has 1 aliphatic rings. The maximum absolute atomic E-state index is 12.9. The summed E-state index contributed by atoms with van der Waals surface area (Å²) in [6.45, 7) is 0.465. The van der Waals surface area contributed by atoms with Gasteiger partial charge < -0.3 is 14.8 Å². The smallest absolute Gasteiger partial charge is 0.410 e. The topological polar surface area (TPSA) is 128 Å². The molecule has 3 rings (SSSR count). The van der Waals surface area contributed by atoms with Crippen LogP contribution in [-0.2, 0) is 32.1 Å². The summed E-state index contributed by atoms with van der Waals surface area (Å²) in [5, 5.41) is 13.5. The first-order valence-electron chi connectivity index (χ1n) is 10.5. The summed E-state index contributed by atoms with van der Waals surface area (Å²) in [6.07, 6.45) is 0.560. The number of rotatable bonds is 8. The Bertz CT molecular complexity index is 995. The summed E-state index contributed by atoms with van der Waals surface area (Å²) in [5.41, 5.74) is 1.37. The van der Waals surface area contributed by atoms with E-state index in [4.69, 9.17) is 9.47 Å². The van der Waals surface area contributed by atoms with E-state index in [0.29, 0.717) is 24.9 Å². The second-order valence-electron chi connectivity index (χ2n) is 7.60. The maximum Gasteiger partial charge on any atom is 0.410 e. The molecule has 0 aliphatic carbocycles. The second kappa shape index (κ2) is 11.1. The Hall–Kier alpha value is -3.95. The van der Waals surface area contributed by atoms with Crippen molar-refractivity contribution in [1.29, 1.82) is 0 Å². The molecule has 1 aliphatic heterocycles. The summed E-state index contributed by atoms with van der Waals surface area (Å²) in [4.78, 5) is 49.4. The van der Waals surface area contributed by atoms with Gasteiger partial charge in [0.05, 0.1) is 12.0 Å². The van der Waals surface area contributed by atoms with Crippen molar-refractivity contribution in [1.82, 2.24) is 10.2 Å².